The predicted molar refractivity (Wildman–Crippen MR) is 78.6 cm³/mol. The smallest absolute Gasteiger partial charge is 0.238 e. The molecule has 0 spiro atoms. The predicted octanol–water partition coefficient (Wildman–Crippen LogP) is 2.27. The first-order valence-corrected chi connectivity index (χ1v) is 7.58. The van der Waals surface area contributed by atoms with Gasteiger partial charge in [0.2, 0.25) is 5.91 Å². The summed E-state index contributed by atoms with van der Waals surface area (Å²) in [5.74, 6) is -0.0224. The van der Waals surface area contributed by atoms with Crippen LogP contribution in [0.4, 0.5) is 10.1 Å². The molecule has 1 aliphatic carbocycles. The number of para-hydroxylation sites is 1. The minimum absolute atomic E-state index is 0.147. The van der Waals surface area contributed by atoms with Gasteiger partial charge in [0.05, 0.1) is 18.8 Å². The molecule has 1 atom stereocenters. The largest absolute Gasteiger partial charge is 0.381 e. The molecule has 5 heteroatoms. The fourth-order valence-corrected chi connectivity index (χ4v) is 2.78. The first kappa shape index (κ1) is 14.5. The van der Waals surface area contributed by atoms with Gasteiger partial charge in [-0.05, 0) is 37.3 Å². The Labute approximate surface area is 124 Å². The van der Waals surface area contributed by atoms with Crippen LogP contribution >= 0.6 is 0 Å². The van der Waals surface area contributed by atoms with Crippen LogP contribution in [0.5, 0.6) is 0 Å². The summed E-state index contributed by atoms with van der Waals surface area (Å²) in [6.07, 6.45) is 3.37. The molecular weight excluding hydrogens is 271 g/mol. The van der Waals surface area contributed by atoms with Gasteiger partial charge >= 0.3 is 0 Å². The summed E-state index contributed by atoms with van der Waals surface area (Å²) in [6.45, 7) is 2.84. The summed E-state index contributed by atoms with van der Waals surface area (Å²) >= 11 is 0. The fourth-order valence-electron chi connectivity index (χ4n) is 2.78. The maximum absolute atomic E-state index is 13.5. The van der Waals surface area contributed by atoms with E-state index in [0.717, 1.165) is 39.0 Å². The topological polar surface area (TPSA) is 41.6 Å². The highest BCUT2D eigenvalue weighted by Crippen LogP contribution is 2.28. The number of rotatable bonds is 6. The lowest BCUT2D eigenvalue weighted by atomic mass is 10.1. The van der Waals surface area contributed by atoms with E-state index < -0.39 is 5.82 Å². The van der Waals surface area contributed by atoms with Gasteiger partial charge in [0.25, 0.3) is 0 Å². The van der Waals surface area contributed by atoms with Crippen molar-refractivity contribution in [2.75, 3.05) is 31.6 Å². The average molecular weight is 292 g/mol. The van der Waals surface area contributed by atoms with Crippen LogP contribution in [0.25, 0.3) is 0 Å². The summed E-state index contributed by atoms with van der Waals surface area (Å²) in [7, 11) is 0. The Morgan fingerprint density at radius 3 is 2.81 bits per heavy atom. The third-order valence-electron chi connectivity index (χ3n) is 4.07. The Bertz CT molecular complexity index is 499. The third kappa shape index (κ3) is 4.02. The van der Waals surface area contributed by atoms with E-state index in [-0.39, 0.29) is 11.6 Å². The quantitative estimate of drug-likeness (QED) is 0.874. The van der Waals surface area contributed by atoms with Crippen LogP contribution in [-0.4, -0.2) is 43.2 Å². The summed E-state index contributed by atoms with van der Waals surface area (Å²) in [4.78, 5) is 14.3. The number of ether oxygens (including phenoxy) is 1. The van der Waals surface area contributed by atoms with E-state index in [4.69, 9.17) is 4.74 Å². The van der Waals surface area contributed by atoms with E-state index in [0.29, 0.717) is 18.5 Å². The minimum atomic E-state index is -0.395. The van der Waals surface area contributed by atoms with Gasteiger partial charge in [-0.1, -0.05) is 12.1 Å². The summed E-state index contributed by atoms with van der Waals surface area (Å²) in [5, 5.41) is 2.66. The van der Waals surface area contributed by atoms with Crippen LogP contribution in [0.3, 0.4) is 0 Å². The molecule has 2 fully saturated rings. The number of anilines is 1. The van der Waals surface area contributed by atoms with Gasteiger partial charge in [0.15, 0.2) is 0 Å². The molecule has 114 valence electrons. The maximum atomic E-state index is 13.5. The van der Waals surface area contributed by atoms with Crippen molar-refractivity contribution in [3.63, 3.8) is 0 Å². The van der Waals surface area contributed by atoms with Crippen LogP contribution in [0, 0.1) is 11.7 Å². The molecule has 1 unspecified atom stereocenters. The first-order chi connectivity index (χ1) is 10.2. The van der Waals surface area contributed by atoms with Gasteiger partial charge in [-0.15, -0.1) is 0 Å². The number of carbonyl (C=O) groups is 1. The van der Waals surface area contributed by atoms with Gasteiger partial charge < -0.3 is 10.1 Å². The molecule has 1 amide bonds. The number of carbonyl (C=O) groups excluding carboxylic acids is 1. The molecule has 1 aromatic carbocycles. The second kappa shape index (κ2) is 6.54. The van der Waals surface area contributed by atoms with Crippen molar-refractivity contribution >= 4 is 11.6 Å². The van der Waals surface area contributed by atoms with Gasteiger partial charge in [0.1, 0.15) is 5.82 Å². The maximum Gasteiger partial charge on any atom is 0.238 e. The molecule has 1 saturated heterocycles. The lowest BCUT2D eigenvalue weighted by molar-refractivity contribution is -0.117. The molecule has 0 radical (unpaired) electrons. The van der Waals surface area contributed by atoms with Gasteiger partial charge in [0, 0.05) is 19.2 Å². The number of amides is 1. The summed E-state index contributed by atoms with van der Waals surface area (Å²) < 4.78 is 18.9. The summed E-state index contributed by atoms with van der Waals surface area (Å²) in [5.41, 5.74) is 0.252. The van der Waals surface area contributed by atoms with E-state index in [9.17, 15) is 9.18 Å². The molecule has 1 saturated carbocycles. The Morgan fingerprint density at radius 1 is 1.33 bits per heavy atom. The highest BCUT2D eigenvalue weighted by molar-refractivity contribution is 5.92. The summed E-state index contributed by atoms with van der Waals surface area (Å²) in [6, 6.07) is 6.77. The van der Waals surface area contributed by atoms with Crippen molar-refractivity contribution in [2.45, 2.75) is 25.3 Å². The molecule has 4 nitrogen and oxygen atoms in total. The average Bonchev–Trinajstić information content (AvgIpc) is 3.19. The van der Waals surface area contributed by atoms with Crippen LogP contribution in [0.1, 0.15) is 19.3 Å². The zero-order chi connectivity index (χ0) is 14.7. The van der Waals surface area contributed by atoms with E-state index in [1.54, 1.807) is 18.2 Å². The molecule has 3 rings (SSSR count). The zero-order valence-electron chi connectivity index (χ0n) is 12.1. The Morgan fingerprint density at radius 2 is 2.14 bits per heavy atom. The Kier molecular flexibility index (Phi) is 4.51. The molecule has 1 heterocycles. The zero-order valence-corrected chi connectivity index (χ0v) is 12.1. The Balaban J connectivity index is 1.55. The molecular formula is C16H21FN2O2. The van der Waals surface area contributed by atoms with E-state index >= 15 is 0 Å². The van der Waals surface area contributed by atoms with Crippen molar-refractivity contribution in [1.82, 2.24) is 4.90 Å². The van der Waals surface area contributed by atoms with Crippen LogP contribution < -0.4 is 5.32 Å². The van der Waals surface area contributed by atoms with E-state index in [2.05, 4.69) is 10.2 Å². The number of hydrogen-bond acceptors (Lipinski definition) is 3. The second-order valence-corrected chi connectivity index (χ2v) is 5.92. The van der Waals surface area contributed by atoms with E-state index in [1.165, 1.54) is 6.07 Å². The Hall–Kier alpha value is -1.46. The van der Waals surface area contributed by atoms with Crippen molar-refractivity contribution in [3.8, 4) is 0 Å². The fraction of sp³-hybridized carbons (Fsp3) is 0.562. The molecule has 1 aromatic rings. The van der Waals surface area contributed by atoms with Crippen molar-refractivity contribution in [1.29, 1.82) is 0 Å². The first-order valence-electron chi connectivity index (χ1n) is 7.58. The lowest BCUT2D eigenvalue weighted by Crippen LogP contribution is -2.38. The van der Waals surface area contributed by atoms with Gasteiger partial charge in [-0.2, -0.15) is 0 Å². The molecule has 0 bridgehead atoms. The number of nitrogens with zero attached hydrogens (tertiary/aromatic N) is 1. The molecule has 1 N–H and O–H groups in total. The van der Waals surface area contributed by atoms with Crippen LogP contribution in [0.2, 0.25) is 0 Å². The van der Waals surface area contributed by atoms with Crippen molar-refractivity contribution in [2.24, 2.45) is 5.92 Å². The standard InChI is InChI=1S/C16H21FN2O2/c17-14-3-1-2-4-15(14)18-16(20)10-19(13-5-6-13)9-12-7-8-21-11-12/h1-4,12-13H,5-11H2,(H,18,20). The third-order valence-corrected chi connectivity index (χ3v) is 4.07. The van der Waals surface area contributed by atoms with Gasteiger partial charge in [-0.25, -0.2) is 4.39 Å². The highest BCUT2D eigenvalue weighted by atomic mass is 19.1. The number of nitrogens with one attached hydrogen (secondary N) is 1. The van der Waals surface area contributed by atoms with E-state index in [1.807, 2.05) is 0 Å². The highest BCUT2D eigenvalue weighted by Gasteiger charge is 2.32. The van der Waals surface area contributed by atoms with Gasteiger partial charge in [-0.3, -0.25) is 9.69 Å². The molecule has 2 aliphatic rings. The lowest BCUT2D eigenvalue weighted by Gasteiger charge is -2.24. The number of hydrogen-bond donors (Lipinski definition) is 1. The van der Waals surface area contributed by atoms with Crippen LogP contribution in [0.15, 0.2) is 24.3 Å². The van der Waals surface area contributed by atoms with Crippen molar-refractivity contribution < 1.29 is 13.9 Å². The molecule has 21 heavy (non-hydrogen) atoms. The van der Waals surface area contributed by atoms with Crippen molar-refractivity contribution in [3.05, 3.63) is 30.1 Å². The minimum Gasteiger partial charge on any atom is -0.381 e. The number of benzene rings is 1. The normalized spacial score (nSPS) is 21.7. The number of halogens is 1. The molecule has 1 aliphatic heterocycles. The molecule has 0 aromatic heterocycles. The van der Waals surface area contributed by atoms with Crippen LogP contribution in [-0.2, 0) is 9.53 Å². The monoisotopic (exact) mass is 292 g/mol. The SMILES string of the molecule is O=C(CN(CC1CCOC1)C1CC1)Nc1ccccc1F. The second-order valence-electron chi connectivity index (χ2n) is 5.92.